The van der Waals surface area contributed by atoms with E-state index < -0.39 is 0 Å². The topological polar surface area (TPSA) is 48.1 Å². The molecule has 3 nitrogen and oxygen atoms in total. The first-order chi connectivity index (χ1) is 8.31. The van der Waals surface area contributed by atoms with Gasteiger partial charge in [0.1, 0.15) is 18.2 Å². The number of pyridine rings is 1. The van der Waals surface area contributed by atoms with E-state index in [0.717, 1.165) is 0 Å². The first-order valence-corrected chi connectivity index (χ1v) is 5.30. The van der Waals surface area contributed by atoms with Crippen LogP contribution in [-0.2, 0) is 13.2 Å². The normalized spacial score (nSPS) is 10.2. The Kier molecular flexibility index (Phi) is 3.67. The number of ether oxygens (including phenoxy) is 1. The standard InChI is InChI=1S/C13H13FN2O/c14-13-10(7-15)3-1-4-11(13)9-17-12-5-2-6-16-8-12/h1-6,8H,7,9,15H2. The molecule has 0 saturated heterocycles. The fourth-order valence-electron chi connectivity index (χ4n) is 1.50. The Hall–Kier alpha value is -1.94. The summed E-state index contributed by atoms with van der Waals surface area (Å²) in [7, 11) is 0. The van der Waals surface area contributed by atoms with Crippen LogP contribution in [0.4, 0.5) is 4.39 Å². The third-order valence-corrected chi connectivity index (χ3v) is 2.41. The summed E-state index contributed by atoms with van der Waals surface area (Å²) in [5.41, 5.74) is 6.43. The van der Waals surface area contributed by atoms with Crippen molar-refractivity contribution in [3.8, 4) is 5.75 Å². The van der Waals surface area contributed by atoms with Gasteiger partial charge in [-0.25, -0.2) is 4.39 Å². The van der Waals surface area contributed by atoms with Gasteiger partial charge in [-0.15, -0.1) is 0 Å². The minimum absolute atomic E-state index is 0.172. The molecule has 0 aliphatic rings. The molecule has 88 valence electrons. The van der Waals surface area contributed by atoms with Crippen molar-refractivity contribution in [3.05, 3.63) is 59.7 Å². The molecule has 1 heterocycles. The summed E-state index contributed by atoms with van der Waals surface area (Å²) < 4.78 is 19.2. The number of hydrogen-bond acceptors (Lipinski definition) is 3. The fourth-order valence-corrected chi connectivity index (χ4v) is 1.50. The van der Waals surface area contributed by atoms with E-state index in [0.29, 0.717) is 16.9 Å². The molecular weight excluding hydrogens is 219 g/mol. The number of nitrogens with two attached hydrogens (primary N) is 1. The van der Waals surface area contributed by atoms with E-state index >= 15 is 0 Å². The molecule has 0 amide bonds. The van der Waals surface area contributed by atoms with E-state index in [9.17, 15) is 4.39 Å². The lowest BCUT2D eigenvalue weighted by Crippen LogP contribution is -2.05. The number of aromatic nitrogens is 1. The molecule has 2 rings (SSSR count). The lowest BCUT2D eigenvalue weighted by Gasteiger charge is -2.08. The maximum Gasteiger partial charge on any atom is 0.138 e. The maximum absolute atomic E-state index is 13.8. The van der Waals surface area contributed by atoms with Crippen LogP contribution in [0.15, 0.2) is 42.7 Å². The smallest absolute Gasteiger partial charge is 0.138 e. The number of rotatable bonds is 4. The Morgan fingerprint density at radius 3 is 2.71 bits per heavy atom. The average Bonchev–Trinajstić information content (AvgIpc) is 2.39. The molecule has 0 bridgehead atoms. The van der Waals surface area contributed by atoms with Gasteiger partial charge < -0.3 is 10.5 Å². The summed E-state index contributed by atoms with van der Waals surface area (Å²) in [5, 5.41) is 0. The van der Waals surface area contributed by atoms with Gasteiger partial charge in [-0.3, -0.25) is 4.98 Å². The van der Waals surface area contributed by atoms with E-state index in [-0.39, 0.29) is 19.0 Å². The van der Waals surface area contributed by atoms with Crippen molar-refractivity contribution in [3.63, 3.8) is 0 Å². The van der Waals surface area contributed by atoms with Gasteiger partial charge in [-0.2, -0.15) is 0 Å². The van der Waals surface area contributed by atoms with Crippen LogP contribution >= 0.6 is 0 Å². The third kappa shape index (κ3) is 2.79. The van der Waals surface area contributed by atoms with Gasteiger partial charge in [-0.1, -0.05) is 18.2 Å². The Morgan fingerprint density at radius 2 is 2.00 bits per heavy atom. The molecule has 17 heavy (non-hydrogen) atoms. The Bertz CT molecular complexity index is 488. The van der Waals surface area contributed by atoms with E-state index in [2.05, 4.69) is 4.98 Å². The zero-order valence-corrected chi connectivity index (χ0v) is 9.27. The highest BCUT2D eigenvalue weighted by Gasteiger charge is 2.07. The minimum atomic E-state index is -0.293. The van der Waals surface area contributed by atoms with Crippen LogP contribution in [0.1, 0.15) is 11.1 Å². The van der Waals surface area contributed by atoms with E-state index in [4.69, 9.17) is 10.5 Å². The summed E-state index contributed by atoms with van der Waals surface area (Å²) in [6.45, 7) is 0.359. The van der Waals surface area contributed by atoms with E-state index in [1.54, 1.807) is 42.7 Å². The summed E-state index contributed by atoms with van der Waals surface area (Å²) in [6, 6.07) is 8.67. The predicted molar refractivity (Wildman–Crippen MR) is 62.9 cm³/mol. The molecule has 4 heteroatoms. The van der Waals surface area contributed by atoms with Crippen LogP contribution in [0, 0.1) is 5.82 Å². The van der Waals surface area contributed by atoms with E-state index in [1.165, 1.54) is 0 Å². The Labute approximate surface area is 99.1 Å². The lowest BCUT2D eigenvalue weighted by atomic mass is 10.1. The molecular formula is C13H13FN2O. The summed E-state index contributed by atoms with van der Waals surface area (Å²) in [4.78, 5) is 3.91. The minimum Gasteiger partial charge on any atom is -0.487 e. The van der Waals surface area contributed by atoms with Crippen LogP contribution in [0.2, 0.25) is 0 Å². The number of hydrogen-bond donors (Lipinski definition) is 1. The molecule has 1 aromatic carbocycles. The second kappa shape index (κ2) is 5.41. The predicted octanol–water partition coefficient (Wildman–Crippen LogP) is 2.26. The van der Waals surface area contributed by atoms with Crippen LogP contribution in [0.5, 0.6) is 5.75 Å². The van der Waals surface area contributed by atoms with Gasteiger partial charge in [0.2, 0.25) is 0 Å². The highest BCUT2D eigenvalue weighted by atomic mass is 19.1. The molecule has 2 aromatic rings. The van der Waals surface area contributed by atoms with E-state index in [1.807, 2.05) is 0 Å². The van der Waals surface area contributed by atoms with Gasteiger partial charge in [-0.05, 0) is 12.1 Å². The zero-order valence-electron chi connectivity index (χ0n) is 9.27. The Balaban J connectivity index is 2.09. The second-order valence-electron chi connectivity index (χ2n) is 3.57. The van der Waals surface area contributed by atoms with Crippen LogP contribution in [0.25, 0.3) is 0 Å². The molecule has 1 aromatic heterocycles. The third-order valence-electron chi connectivity index (χ3n) is 2.41. The molecule has 2 N–H and O–H groups in total. The van der Waals surface area contributed by atoms with Crippen molar-refractivity contribution >= 4 is 0 Å². The maximum atomic E-state index is 13.8. The van der Waals surface area contributed by atoms with Gasteiger partial charge in [0, 0.05) is 23.9 Å². The highest BCUT2D eigenvalue weighted by molar-refractivity contribution is 5.26. The number of halogens is 1. The molecule has 0 fully saturated rings. The van der Waals surface area contributed by atoms with Crippen LogP contribution in [0.3, 0.4) is 0 Å². The van der Waals surface area contributed by atoms with Crippen LogP contribution < -0.4 is 10.5 Å². The first kappa shape index (κ1) is 11.5. The van der Waals surface area contributed by atoms with Crippen molar-refractivity contribution in [2.75, 3.05) is 0 Å². The van der Waals surface area contributed by atoms with Crippen molar-refractivity contribution in [2.45, 2.75) is 13.2 Å². The van der Waals surface area contributed by atoms with Gasteiger partial charge in [0.05, 0.1) is 6.20 Å². The average molecular weight is 232 g/mol. The monoisotopic (exact) mass is 232 g/mol. The fraction of sp³-hybridized carbons (Fsp3) is 0.154. The second-order valence-corrected chi connectivity index (χ2v) is 3.57. The lowest BCUT2D eigenvalue weighted by molar-refractivity contribution is 0.298. The number of nitrogens with zero attached hydrogens (tertiary/aromatic N) is 1. The van der Waals surface area contributed by atoms with Crippen LogP contribution in [-0.4, -0.2) is 4.98 Å². The summed E-state index contributed by atoms with van der Waals surface area (Å²) in [5.74, 6) is 0.323. The Morgan fingerprint density at radius 1 is 1.18 bits per heavy atom. The molecule has 0 spiro atoms. The van der Waals surface area contributed by atoms with Crippen molar-refractivity contribution in [1.82, 2.24) is 4.98 Å². The highest BCUT2D eigenvalue weighted by Crippen LogP contribution is 2.15. The SMILES string of the molecule is NCc1cccc(COc2cccnc2)c1F. The summed E-state index contributed by atoms with van der Waals surface area (Å²) >= 11 is 0. The van der Waals surface area contributed by atoms with Gasteiger partial charge in [0.25, 0.3) is 0 Å². The number of benzene rings is 1. The molecule has 0 radical (unpaired) electrons. The van der Waals surface area contributed by atoms with Crippen molar-refractivity contribution in [1.29, 1.82) is 0 Å². The molecule has 0 aliphatic heterocycles. The quantitative estimate of drug-likeness (QED) is 0.879. The summed E-state index contributed by atoms with van der Waals surface area (Å²) in [6.07, 6.45) is 3.24. The molecule has 0 aliphatic carbocycles. The zero-order chi connectivity index (χ0) is 12.1. The molecule has 0 unspecified atom stereocenters. The van der Waals surface area contributed by atoms with Gasteiger partial charge >= 0.3 is 0 Å². The molecule has 0 saturated carbocycles. The van der Waals surface area contributed by atoms with Gasteiger partial charge in [0.15, 0.2) is 0 Å². The van der Waals surface area contributed by atoms with Crippen molar-refractivity contribution in [2.24, 2.45) is 5.73 Å². The molecule has 0 atom stereocenters. The van der Waals surface area contributed by atoms with Crippen molar-refractivity contribution < 1.29 is 9.13 Å². The largest absolute Gasteiger partial charge is 0.487 e. The first-order valence-electron chi connectivity index (χ1n) is 5.30.